The number of amides is 2. The van der Waals surface area contributed by atoms with Crippen LogP contribution in [0.1, 0.15) is 24.9 Å². The van der Waals surface area contributed by atoms with Crippen LogP contribution in [-0.4, -0.2) is 54.5 Å². The van der Waals surface area contributed by atoms with Crippen LogP contribution in [-0.2, 0) is 14.3 Å². The summed E-state index contributed by atoms with van der Waals surface area (Å²) in [6.07, 6.45) is 0.879. The van der Waals surface area contributed by atoms with E-state index in [2.05, 4.69) is 6.92 Å². The number of likely N-dealkylation sites (tertiary alicyclic amines) is 1. The summed E-state index contributed by atoms with van der Waals surface area (Å²) in [6.45, 7) is 3.72. The van der Waals surface area contributed by atoms with Crippen LogP contribution in [0.15, 0.2) is 24.3 Å². The minimum absolute atomic E-state index is 0.0387. The third-order valence-corrected chi connectivity index (χ3v) is 4.62. The van der Waals surface area contributed by atoms with E-state index in [1.54, 1.807) is 11.0 Å². The summed E-state index contributed by atoms with van der Waals surface area (Å²) in [5, 5.41) is 0. The lowest BCUT2D eigenvalue weighted by atomic mass is 9.95. The van der Waals surface area contributed by atoms with Gasteiger partial charge in [-0.2, -0.15) is 0 Å². The molecule has 0 bridgehead atoms. The van der Waals surface area contributed by atoms with E-state index in [4.69, 9.17) is 4.74 Å². The Bertz CT molecular complexity index is 607. The van der Waals surface area contributed by atoms with E-state index in [0.29, 0.717) is 19.7 Å². The second kappa shape index (κ2) is 6.66. The van der Waals surface area contributed by atoms with Gasteiger partial charge in [0, 0.05) is 13.1 Å². The number of rotatable bonds is 3. The molecular formula is C17H21FN2O3. The Hall–Kier alpha value is -1.95. The van der Waals surface area contributed by atoms with Gasteiger partial charge in [0.1, 0.15) is 12.4 Å². The summed E-state index contributed by atoms with van der Waals surface area (Å²) < 4.78 is 18.6. The minimum atomic E-state index is -0.294. The molecule has 2 aliphatic rings. The summed E-state index contributed by atoms with van der Waals surface area (Å²) in [6, 6.07) is 6.29. The summed E-state index contributed by atoms with van der Waals surface area (Å²) in [4.78, 5) is 27.8. The number of ether oxygens (including phenoxy) is 1. The highest BCUT2D eigenvalue weighted by Gasteiger charge is 2.36. The highest BCUT2D eigenvalue weighted by atomic mass is 19.1. The number of halogens is 1. The van der Waals surface area contributed by atoms with E-state index in [1.165, 1.54) is 17.0 Å². The van der Waals surface area contributed by atoms with Crippen LogP contribution in [0, 0.1) is 11.7 Å². The second-order valence-corrected chi connectivity index (χ2v) is 6.22. The van der Waals surface area contributed by atoms with Crippen molar-refractivity contribution in [3.05, 3.63) is 35.6 Å². The van der Waals surface area contributed by atoms with Crippen LogP contribution in [0.4, 0.5) is 4.39 Å². The fraction of sp³-hybridized carbons (Fsp3) is 0.529. The van der Waals surface area contributed by atoms with Crippen molar-refractivity contribution < 1.29 is 18.7 Å². The molecule has 2 atom stereocenters. The fourth-order valence-corrected chi connectivity index (χ4v) is 3.40. The summed E-state index contributed by atoms with van der Waals surface area (Å²) >= 11 is 0. The average molecular weight is 320 g/mol. The van der Waals surface area contributed by atoms with Crippen molar-refractivity contribution in [3.63, 3.8) is 0 Å². The molecule has 3 rings (SSSR count). The molecular weight excluding hydrogens is 299 g/mol. The smallest absolute Gasteiger partial charge is 0.249 e. The Kier molecular flexibility index (Phi) is 4.61. The number of hydrogen-bond acceptors (Lipinski definition) is 3. The Morgan fingerprint density at radius 2 is 2.22 bits per heavy atom. The molecule has 2 amide bonds. The van der Waals surface area contributed by atoms with Gasteiger partial charge in [-0.25, -0.2) is 4.39 Å². The molecule has 0 unspecified atom stereocenters. The van der Waals surface area contributed by atoms with Gasteiger partial charge >= 0.3 is 0 Å². The predicted molar refractivity (Wildman–Crippen MR) is 82.0 cm³/mol. The number of benzene rings is 1. The molecule has 5 nitrogen and oxygen atoms in total. The Labute approximate surface area is 135 Å². The SMILES string of the molecule is C[C@H]1CCN(C(=O)CN2CCOCC2=O)[C@H]1c1cccc(F)c1. The van der Waals surface area contributed by atoms with E-state index in [-0.39, 0.29) is 42.7 Å². The van der Waals surface area contributed by atoms with Crippen molar-refractivity contribution in [2.45, 2.75) is 19.4 Å². The van der Waals surface area contributed by atoms with Crippen molar-refractivity contribution in [1.82, 2.24) is 9.80 Å². The molecule has 2 saturated heterocycles. The maximum absolute atomic E-state index is 13.5. The standard InChI is InChI=1S/C17H21FN2O3/c1-12-5-6-20(17(12)13-3-2-4-14(18)9-13)15(21)10-19-7-8-23-11-16(19)22/h2-4,9,12,17H,5-8,10-11H2,1H3/t12-,17+/m0/s1. The molecule has 0 N–H and O–H groups in total. The fourth-order valence-electron chi connectivity index (χ4n) is 3.40. The highest BCUT2D eigenvalue weighted by Crippen LogP contribution is 2.37. The largest absolute Gasteiger partial charge is 0.370 e. The molecule has 1 aromatic rings. The molecule has 0 spiro atoms. The number of carbonyl (C=O) groups excluding carboxylic acids is 2. The van der Waals surface area contributed by atoms with E-state index < -0.39 is 0 Å². The maximum atomic E-state index is 13.5. The molecule has 2 heterocycles. The van der Waals surface area contributed by atoms with Crippen LogP contribution < -0.4 is 0 Å². The van der Waals surface area contributed by atoms with Crippen LogP contribution in [0.2, 0.25) is 0 Å². The predicted octanol–water partition coefficient (Wildman–Crippen LogP) is 1.59. The quantitative estimate of drug-likeness (QED) is 0.850. The zero-order chi connectivity index (χ0) is 16.4. The van der Waals surface area contributed by atoms with Gasteiger partial charge in [-0.05, 0) is 30.0 Å². The van der Waals surface area contributed by atoms with E-state index in [0.717, 1.165) is 12.0 Å². The number of hydrogen-bond donors (Lipinski definition) is 0. The first-order valence-electron chi connectivity index (χ1n) is 7.96. The van der Waals surface area contributed by atoms with Crippen molar-refractivity contribution in [2.24, 2.45) is 5.92 Å². The van der Waals surface area contributed by atoms with Crippen molar-refractivity contribution in [1.29, 1.82) is 0 Å². The molecule has 124 valence electrons. The van der Waals surface area contributed by atoms with Gasteiger partial charge in [0.25, 0.3) is 0 Å². The van der Waals surface area contributed by atoms with Crippen molar-refractivity contribution in [2.75, 3.05) is 32.8 Å². The third-order valence-electron chi connectivity index (χ3n) is 4.62. The Balaban J connectivity index is 1.75. The zero-order valence-electron chi connectivity index (χ0n) is 13.2. The van der Waals surface area contributed by atoms with Crippen LogP contribution in [0.25, 0.3) is 0 Å². The molecule has 2 fully saturated rings. The Morgan fingerprint density at radius 3 is 2.96 bits per heavy atom. The van der Waals surface area contributed by atoms with E-state index >= 15 is 0 Å². The second-order valence-electron chi connectivity index (χ2n) is 6.22. The first-order chi connectivity index (χ1) is 11.1. The van der Waals surface area contributed by atoms with Crippen LogP contribution in [0.3, 0.4) is 0 Å². The van der Waals surface area contributed by atoms with Gasteiger partial charge in [0.15, 0.2) is 0 Å². The van der Waals surface area contributed by atoms with Gasteiger partial charge in [-0.1, -0.05) is 19.1 Å². The van der Waals surface area contributed by atoms with Gasteiger partial charge in [-0.15, -0.1) is 0 Å². The van der Waals surface area contributed by atoms with Gasteiger partial charge in [0.2, 0.25) is 11.8 Å². The molecule has 0 radical (unpaired) electrons. The molecule has 1 aromatic carbocycles. The van der Waals surface area contributed by atoms with Gasteiger partial charge in [0.05, 0.1) is 19.2 Å². The van der Waals surface area contributed by atoms with Crippen molar-refractivity contribution >= 4 is 11.8 Å². The van der Waals surface area contributed by atoms with Crippen molar-refractivity contribution in [3.8, 4) is 0 Å². The van der Waals surface area contributed by atoms with E-state index in [1.807, 2.05) is 6.07 Å². The average Bonchev–Trinajstić information content (AvgIpc) is 2.91. The topological polar surface area (TPSA) is 49.9 Å². The summed E-state index contributed by atoms with van der Waals surface area (Å²) in [5.74, 6) is -0.267. The molecule has 0 aliphatic carbocycles. The molecule has 6 heteroatoms. The van der Waals surface area contributed by atoms with E-state index in [9.17, 15) is 14.0 Å². The third kappa shape index (κ3) is 3.37. The van der Waals surface area contributed by atoms with Crippen LogP contribution in [0.5, 0.6) is 0 Å². The lowest BCUT2D eigenvalue weighted by Gasteiger charge is -2.31. The first-order valence-corrected chi connectivity index (χ1v) is 7.96. The Morgan fingerprint density at radius 1 is 1.39 bits per heavy atom. The maximum Gasteiger partial charge on any atom is 0.249 e. The highest BCUT2D eigenvalue weighted by molar-refractivity contribution is 5.86. The zero-order valence-corrected chi connectivity index (χ0v) is 13.2. The lowest BCUT2D eigenvalue weighted by Crippen LogP contribution is -2.47. The van der Waals surface area contributed by atoms with Gasteiger partial charge < -0.3 is 14.5 Å². The van der Waals surface area contributed by atoms with Crippen LogP contribution >= 0.6 is 0 Å². The molecule has 0 saturated carbocycles. The molecule has 0 aromatic heterocycles. The van der Waals surface area contributed by atoms with Gasteiger partial charge in [-0.3, -0.25) is 9.59 Å². The molecule has 2 aliphatic heterocycles. The number of nitrogens with zero attached hydrogens (tertiary/aromatic N) is 2. The summed E-state index contributed by atoms with van der Waals surface area (Å²) in [5.41, 5.74) is 0.816. The normalized spacial score (nSPS) is 25.0. The number of carbonyl (C=O) groups is 2. The monoisotopic (exact) mass is 320 g/mol. The summed E-state index contributed by atoms with van der Waals surface area (Å²) in [7, 11) is 0. The number of morpholine rings is 1. The molecule has 23 heavy (non-hydrogen) atoms. The minimum Gasteiger partial charge on any atom is -0.370 e. The lowest BCUT2D eigenvalue weighted by molar-refractivity contribution is -0.149. The first kappa shape index (κ1) is 15.9.